The molecule has 56 heavy (non-hydrogen) atoms. The van der Waals surface area contributed by atoms with Crippen molar-refractivity contribution in [3.63, 3.8) is 0 Å². The fraction of sp³-hybridized carbons (Fsp3) is 0.778. The molecular weight excluding hydrogens is 752 g/mol. The van der Waals surface area contributed by atoms with Gasteiger partial charge in [0.2, 0.25) is 0 Å². The van der Waals surface area contributed by atoms with Crippen molar-refractivity contribution in [2.24, 2.45) is 39.9 Å². The molecule has 318 valence electrons. The molecule has 20 heteroatoms. The molecule has 0 radical (unpaired) electrons. The van der Waals surface area contributed by atoms with Gasteiger partial charge in [-0.3, -0.25) is 38.4 Å². The first-order valence-electron chi connectivity index (χ1n) is 17.6. The van der Waals surface area contributed by atoms with Crippen LogP contribution < -0.4 is 0 Å². The zero-order chi connectivity index (χ0) is 42.4. The van der Waals surface area contributed by atoms with Crippen LogP contribution in [-0.4, -0.2) is 141 Å². The molecule has 0 aliphatic carbocycles. The number of carbonyl (C=O) groups excluding carboxylic acids is 7. The first-order chi connectivity index (χ1) is 26.2. The van der Waals surface area contributed by atoms with Crippen LogP contribution in [0.15, 0.2) is 0 Å². The van der Waals surface area contributed by atoms with E-state index in [0.717, 1.165) is 35.5 Å². The number of carboxylic acid groups (broad SMARTS) is 1. The van der Waals surface area contributed by atoms with E-state index in [4.69, 9.17) is 42.6 Å². The molecule has 4 unspecified atom stereocenters. The largest absolute Gasteiger partial charge is 0.481 e. The lowest BCUT2D eigenvalue weighted by atomic mass is 9.86. The van der Waals surface area contributed by atoms with Crippen molar-refractivity contribution in [3.05, 3.63) is 0 Å². The lowest BCUT2D eigenvalue weighted by molar-refractivity contribution is -0.337. The highest BCUT2D eigenvalue weighted by molar-refractivity contribution is 5.89. The van der Waals surface area contributed by atoms with Crippen LogP contribution in [0.3, 0.4) is 0 Å². The number of aliphatic carboxylic acids is 1. The Balaban J connectivity index is 1.94. The Morgan fingerprint density at radius 2 is 0.804 bits per heavy atom. The maximum Gasteiger partial charge on any atom is 0.310 e. The third-order valence-electron chi connectivity index (χ3n) is 9.42. The SMILES string of the molecule is COC(=O)CC(C(=O)OC)C(CC(=O)OCC(C)(C)C1OCC2(COC(C(C)(C)COC(=O)CC(C(=O)OC)C(CC(=O)O)C(=O)OC)OC2)CO1)C(=O)OC. The molecule has 2 rings (SSSR count). The molecule has 0 bridgehead atoms. The highest BCUT2D eigenvalue weighted by Crippen LogP contribution is 2.39. The van der Waals surface area contributed by atoms with Crippen LogP contribution in [0.4, 0.5) is 0 Å². The smallest absolute Gasteiger partial charge is 0.310 e. The molecule has 2 aliphatic rings. The summed E-state index contributed by atoms with van der Waals surface area (Å²) in [6.07, 6.45) is -4.20. The first-order valence-corrected chi connectivity index (χ1v) is 17.6. The summed E-state index contributed by atoms with van der Waals surface area (Å²) in [4.78, 5) is 98.6. The van der Waals surface area contributed by atoms with E-state index in [0.29, 0.717) is 0 Å². The van der Waals surface area contributed by atoms with Crippen LogP contribution in [-0.2, 0) is 90.5 Å². The number of methoxy groups -OCH3 is 5. The Hall–Kier alpha value is -4.40. The van der Waals surface area contributed by atoms with Crippen LogP contribution in [0, 0.1) is 39.9 Å². The van der Waals surface area contributed by atoms with Crippen LogP contribution in [0.2, 0.25) is 0 Å². The zero-order valence-corrected chi connectivity index (χ0v) is 33.2. The first kappa shape index (κ1) is 47.8. The highest BCUT2D eigenvalue weighted by atomic mass is 16.7. The van der Waals surface area contributed by atoms with E-state index in [-0.39, 0.29) is 39.6 Å². The minimum Gasteiger partial charge on any atom is -0.481 e. The maximum atomic E-state index is 12.9. The predicted molar refractivity (Wildman–Crippen MR) is 183 cm³/mol. The molecule has 1 N–H and O–H groups in total. The molecule has 2 fully saturated rings. The van der Waals surface area contributed by atoms with Gasteiger partial charge in [-0.15, -0.1) is 0 Å². The van der Waals surface area contributed by atoms with Gasteiger partial charge in [0.05, 0.1) is 117 Å². The number of rotatable bonds is 20. The number of esters is 7. The number of ether oxygens (including phenoxy) is 11. The Morgan fingerprint density at radius 1 is 0.518 bits per heavy atom. The fourth-order valence-electron chi connectivity index (χ4n) is 6.02. The minimum absolute atomic E-state index is 0.138. The van der Waals surface area contributed by atoms with Gasteiger partial charge in [-0.25, -0.2) is 0 Å². The van der Waals surface area contributed by atoms with Crippen molar-refractivity contribution in [3.8, 4) is 0 Å². The number of carbonyl (C=O) groups is 8. The summed E-state index contributed by atoms with van der Waals surface area (Å²) >= 11 is 0. The third kappa shape index (κ3) is 13.4. The summed E-state index contributed by atoms with van der Waals surface area (Å²) in [5, 5.41) is 9.23. The Labute approximate surface area is 324 Å². The molecule has 1 spiro atoms. The van der Waals surface area contributed by atoms with Gasteiger partial charge < -0.3 is 57.2 Å². The van der Waals surface area contributed by atoms with E-state index in [9.17, 15) is 43.5 Å². The molecule has 0 aromatic carbocycles. The lowest BCUT2D eigenvalue weighted by Gasteiger charge is -2.48. The maximum absolute atomic E-state index is 12.9. The lowest BCUT2D eigenvalue weighted by Crippen LogP contribution is -2.57. The van der Waals surface area contributed by atoms with Gasteiger partial charge in [0, 0.05) is 10.8 Å². The van der Waals surface area contributed by atoms with Gasteiger partial charge in [-0.2, -0.15) is 0 Å². The normalized spacial score (nSPS) is 21.9. The van der Waals surface area contributed by atoms with Gasteiger partial charge in [-0.05, 0) is 0 Å². The molecular formula is C36H54O20. The average molecular weight is 807 g/mol. The standard InChI is InChI=1S/C36H54O20/c1-34(2,14-51-26(40)12-22(30(44)49-8)20(10-24(37)38)28(42)47-6)32-53-16-36(17-54-32)18-55-33(56-19-36)35(3,4)15-52-27(41)13-23(31(45)50-9)21(29(43)48-7)11-25(39)46-5/h20-23,32-33H,10-19H2,1-9H3,(H,37,38). The molecule has 0 amide bonds. The van der Waals surface area contributed by atoms with Crippen LogP contribution >= 0.6 is 0 Å². The average Bonchev–Trinajstić information content (AvgIpc) is 3.17. The van der Waals surface area contributed by atoms with Gasteiger partial charge >= 0.3 is 47.8 Å². The summed E-state index contributed by atoms with van der Waals surface area (Å²) in [5.41, 5.74) is -2.51. The van der Waals surface area contributed by atoms with Gasteiger partial charge in [0.25, 0.3) is 0 Å². The number of carboxylic acids is 1. The third-order valence-corrected chi connectivity index (χ3v) is 9.42. The van der Waals surface area contributed by atoms with Gasteiger partial charge in [-0.1, -0.05) is 27.7 Å². The molecule has 0 aromatic rings. The highest BCUT2D eigenvalue weighted by Gasteiger charge is 2.49. The van der Waals surface area contributed by atoms with E-state index in [1.165, 1.54) is 0 Å². The van der Waals surface area contributed by atoms with E-state index in [2.05, 4.69) is 9.47 Å². The molecule has 2 heterocycles. The summed E-state index contributed by atoms with van der Waals surface area (Å²) in [6.45, 7) is 7.04. The molecule has 20 nitrogen and oxygen atoms in total. The van der Waals surface area contributed by atoms with Crippen molar-refractivity contribution in [1.29, 1.82) is 0 Å². The Bertz CT molecular complexity index is 1400. The van der Waals surface area contributed by atoms with Crippen molar-refractivity contribution in [2.45, 2.75) is 66.0 Å². The minimum atomic E-state index is -1.48. The van der Waals surface area contributed by atoms with E-state index in [1.807, 2.05) is 0 Å². The Morgan fingerprint density at radius 3 is 1.07 bits per heavy atom. The second kappa shape index (κ2) is 21.2. The van der Waals surface area contributed by atoms with E-state index in [1.54, 1.807) is 27.7 Å². The van der Waals surface area contributed by atoms with Crippen molar-refractivity contribution >= 4 is 47.8 Å². The zero-order valence-electron chi connectivity index (χ0n) is 33.2. The van der Waals surface area contributed by atoms with E-state index < -0.39 is 126 Å². The van der Waals surface area contributed by atoms with Crippen LogP contribution in [0.25, 0.3) is 0 Å². The monoisotopic (exact) mass is 806 g/mol. The van der Waals surface area contributed by atoms with Crippen molar-refractivity contribution in [1.82, 2.24) is 0 Å². The van der Waals surface area contributed by atoms with Gasteiger partial charge in [0.15, 0.2) is 12.6 Å². The van der Waals surface area contributed by atoms with Crippen molar-refractivity contribution in [2.75, 3.05) is 75.2 Å². The molecule has 2 saturated heterocycles. The molecule has 0 saturated carbocycles. The number of hydrogen-bond acceptors (Lipinski definition) is 19. The summed E-state index contributed by atoms with van der Waals surface area (Å²) < 4.78 is 58.5. The summed E-state index contributed by atoms with van der Waals surface area (Å²) in [5.74, 6) is -13.4. The second-order valence-electron chi connectivity index (χ2n) is 15.0. The summed E-state index contributed by atoms with van der Waals surface area (Å²) in [7, 11) is 5.33. The molecule has 0 aromatic heterocycles. The second-order valence-corrected chi connectivity index (χ2v) is 15.0. The number of hydrogen-bond donors (Lipinski definition) is 1. The van der Waals surface area contributed by atoms with Gasteiger partial charge in [0.1, 0.15) is 13.2 Å². The molecule has 2 aliphatic heterocycles. The predicted octanol–water partition coefficient (Wildman–Crippen LogP) is 0.832. The topological polar surface area (TPSA) is 258 Å². The van der Waals surface area contributed by atoms with Crippen molar-refractivity contribution < 1.29 is 95.6 Å². The molecule has 4 atom stereocenters. The van der Waals surface area contributed by atoms with E-state index >= 15 is 0 Å². The quantitative estimate of drug-likeness (QED) is 0.132. The Kier molecular flexibility index (Phi) is 18.1. The van der Waals surface area contributed by atoms with Crippen LogP contribution in [0.5, 0.6) is 0 Å². The summed E-state index contributed by atoms with van der Waals surface area (Å²) in [6, 6.07) is 0. The fourth-order valence-corrected chi connectivity index (χ4v) is 6.02. The van der Waals surface area contributed by atoms with Crippen LogP contribution in [0.1, 0.15) is 53.4 Å².